The topological polar surface area (TPSA) is 185 Å². The molecule has 1 saturated heterocycles. The number of aliphatic carboxylic acids is 1. The van der Waals surface area contributed by atoms with E-state index in [1.165, 1.54) is 17.4 Å². The predicted molar refractivity (Wildman–Crippen MR) is 216 cm³/mol. The third-order valence-corrected chi connectivity index (χ3v) is 10.6. The lowest BCUT2D eigenvalue weighted by molar-refractivity contribution is -0.144. The van der Waals surface area contributed by atoms with Crippen molar-refractivity contribution < 1.29 is 38.2 Å². The van der Waals surface area contributed by atoms with Crippen molar-refractivity contribution in [3.63, 3.8) is 0 Å². The van der Waals surface area contributed by atoms with Gasteiger partial charge in [0.15, 0.2) is 17.8 Å². The molecule has 2 aliphatic rings. The lowest BCUT2D eigenvalue weighted by atomic mass is 10.0. The standard InChI is InChI=1S/C44H46N6O8/c1-5-29-22-44(29,42(53)54)49-40(51)36-20-32(58-37-21-34(27-12-8-6-9-13-27)48-35-19-31(56-4)16-17-33(35)37)24-50(36)43(55)47-30(18-26(2)3)23-45-41(52)38-39(57-25-46-38)28-14-10-7-11-15-28/h5-17,19,21,25-26,29-30,32,36H,1,18,20,22-24H2,2-4H3,(H,45,52)(H,47,55)(H,49,51)(H,53,54)/t29-,30+,32-,36+,44-/m1/s1. The molecule has 3 heterocycles. The van der Waals surface area contributed by atoms with Gasteiger partial charge in [-0.15, -0.1) is 6.58 Å². The molecule has 7 rings (SSSR count). The van der Waals surface area contributed by atoms with E-state index in [0.29, 0.717) is 45.8 Å². The summed E-state index contributed by atoms with van der Waals surface area (Å²) in [7, 11) is 1.58. The number of nitrogens with zero attached hydrogens (tertiary/aromatic N) is 3. The first kappa shape index (κ1) is 39.5. The fourth-order valence-electron chi connectivity index (χ4n) is 7.53. The number of likely N-dealkylation sites (tertiary alicyclic amines) is 1. The molecule has 0 unspecified atom stereocenters. The summed E-state index contributed by atoms with van der Waals surface area (Å²) in [6, 6.07) is 23.9. The van der Waals surface area contributed by atoms with Gasteiger partial charge in [0.2, 0.25) is 5.91 Å². The number of rotatable bonds is 15. The van der Waals surface area contributed by atoms with Gasteiger partial charge in [-0.3, -0.25) is 9.59 Å². The van der Waals surface area contributed by atoms with Crippen molar-refractivity contribution in [2.45, 2.75) is 56.8 Å². The van der Waals surface area contributed by atoms with E-state index in [0.717, 1.165) is 5.56 Å². The number of hydrogen-bond acceptors (Lipinski definition) is 9. The lowest BCUT2D eigenvalue weighted by Gasteiger charge is -2.29. The van der Waals surface area contributed by atoms with Crippen molar-refractivity contribution in [3.8, 4) is 34.1 Å². The normalized spacial score (nSPS) is 20.3. The highest BCUT2D eigenvalue weighted by molar-refractivity contribution is 5.98. The van der Waals surface area contributed by atoms with E-state index >= 15 is 0 Å². The number of carboxylic acid groups (broad SMARTS) is 1. The van der Waals surface area contributed by atoms with Crippen molar-refractivity contribution >= 4 is 34.7 Å². The summed E-state index contributed by atoms with van der Waals surface area (Å²) in [5.74, 6) is -1.15. The zero-order valence-corrected chi connectivity index (χ0v) is 32.5. The third-order valence-electron chi connectivity index (χ3n) is 10.6. The molecule has 58 heavy (non-hydrogen) atoms. The molecule has 14 heteroatoms. The molecule has 1 aliphatic carbocycles. The Hall–Kier alpha value is -6.70. The van der Waals surface area contributed by atoms with Crippen LogP contribution in [0.3, 0.4) is 0 Å². The SMILES string of the molecule is C=C[C@@H]1C[C@]1(NC(=O)[C@@H]1C[C@@H](Oc2cc(-c3ccccc3)nc3cc(OC)ccc23)CN1C(=O)N[C@H](CNC(=O)c1ncoc1-c1ccccc1)CC(C)C)C(=O)O. The average Bonchev–Trinajstić information content (AvgIpc) is 3.50. The Labute approximate surface area is 335 Å². The molecule has 0 radical (unpaired) electrons. The van der Waals surface area contributed by atoms with E-state index in [2.05, 4.69) is 27.5 Å². The average molecular weight is 787 g/mol. The molecule has 5 aromatic rings. The predicted octanol–water partition coefficient (Wildman–Crippen LogP) is 6.09. The number of fused-ring (bicyclic) bond motifs is 1. The molecule has 4 N–H and O–H groups in total. The van der Waals surface area contributed by atoms with Gasteiger partial charge in [-0.2, -0.15) is 0 Å². The molecule has 5 atom stereocenters. The van der Waals surface area contributed by atoms with Crippen molar-refractivity contribution in [2.24, 2.45) is 11.8 Å². The summed E-state index contributed by atoms with van der Waals surface area (Å²) in [6.07, 6.45) is 2.83. The van der Waals surface area contributed by atoms with Crippen LogP contribution in [-0.2, 0) is 9.59 Å². The number of oxazole rings is 1. The van der Waals surface area contributed by atoms with E-state index < -0.39 is 53.5 Å². The molecule has 1 aliphatic heterocycles. The minimum atomic E-state index is -1.50. The highest BCUT2D eigenvalue weighted by Gasteiger charge is 2.61. The first-order chi connectivity index (χ1) is 28.0. The summed E-state index contributed by atoms with van der Waals surface area (Å²) in [4.78, 5) is 64.5. The summed E-state index contributed by atoms with van der Waals surface area (Å²) in [6.45, 7) is 7.80. The van der Waals surface area contributed by atoms with Crippen molar-refractivity contribution in [1.82, 2.24) is 30.8 Å². The van der Waals surface area contributed by atoms with Crippen LogP contribution in [0, 0.1) is 11.8 Å². The lowest BCUT2D eigenvalue weighted by Crippen LogP contribution is -2.56. The van der Waals surface area contributed by atoms with Gasteiger partial charge in [-0.1, -0.05) is 80.6 Å². The van der Waals surface area contributed by atoms with Crippen LogP contribution < -0.4 is 25.4 Å². The van der Waals surface area contributed by atoms with E-state index in [1.807, 2.05) is 92.7 Å². The number of carbonyl (C=O) groups excluding carboxylic acids is 3. The number of ether oxygens (including phenoxy) is 2. The van der Waals surface area contributed by atoms with Crippen LogP contribution in [0.2, 0.25) is 0 Å². The molecule has 4 amide bonds. The van der Waals surface area contributed by atoms with E-state index in [9.17, 15) is 24.3 Å². The fourth-order valence-corrected chi connectivity index (χ4v) is 7.53. The van der Waals surface area contributed by atoms with Gasteiger partial charge in [-0.05, 0) is 30.9 Å². The molecule has 2 aromatic heterocycles. The van der Waals surface area contributed by atoms with Crippen LogP contribution in [0.25, 0.3) is 33.5 Å². The molecule has 300 valence electrons. The smallest absolute Gasteiger partial charge is 0.330 e. The van der Waals surface area contributed by atoms with E-state index in [-0.39, 0.29) is 37.5 Å². The van der Waals surface area contributed by atoms with Crippen LogP contribution in [0.5, 0.6) is 11.5 Å². The van der Waals surface area contributed by atoms with Crippen molar-refractivity contribution in [2.75, 3.05) is 20.2 Å². The molecule has 2 fully saturated rings. The van der Waals surface area contributed by atoms with Gasteiger partial charge in [0.1, 0.15) is 29.2 Å². The van der Waals surface area contributed by atoms with Crippen LogP contribution in [0.15, 0.2) is 108 Å². The zero-order chi connectivity index (χ0) is 41.0. The molecule has 0 spiro atoms. The fraction of sp³-hybridized carbons (Fsp3) is 0.318. The van der Waals surface area contributed by atoms with E-state index in [1.54, 1.807) is 13.2 Å². The van der Waals surface area contributed by atoms with Crippen molar-refractivity contribution in [1.29, 1.82) is 0 Å². The first-order valence-electron chi connectivity index (χ1n) is 19.2. The monoisotopic (exact) mass is 786 g/mol. The molecule has 1 saturated carbocycles. The quantitative estimate of drug-likeness (QED) is 0.0906. The highest BCUT2D eigenvalue weighted by atomic mass is 16.5. The van der Waals surface area contributed by atoms with Crippen LogP contribution >= 0.6 is 0 Å². The maximum Gasteiger partial charge on any atom is 0.330 e. The number of benzene rings is 3. The number of carboxylic acids is 1. The number of pyridine rings is 1. The van der Waals surface area contributed by atoms with Crippen LogP contribution in [-0.4, -0.2) is 87.7 Å². The van der Waals surface area contributed by atoms with Crippen molar-refractivity contribution in [3.05, 3.63) is 110 Å². The van der Waals surface area contributed by atoms with Gasteiger partial charge in [0.25, 0.3) is 5.91 Å². The third kappa shape index (κ3) is 8.36. The summed E-state index contributed by atoms with van der Waals surface area (Å²) < 4.78 is 17.7. The number of urea groups is 1. The molecule has 0 bridgehead atoms. The second-order valence-corrected chi connectivity index (χ2v) is 15.1. The van der Waals surface area contributed by atoms with Gasteiger partial charge >= 0.3 is 12.0 Å². The van der Waals surface area contributed by atoms with Gasteiger partial charge < -0.3 is 39.8 Å². The summed E-state index contributed by atoms with van der Waals surface area (Å²) in [5, 5.41) is 19.5. The Balaban J connectivity index is 1.14. The second kappa shape index (κ2) is 16.8. The molecular weight excluding hydrogens is 741 g/mol. The maximum absolute atomic E-state index is 14.3. The van der Waals surface area contributed by atoms with Crippen LogP contribution in [0.4, 0.5) is 4.79 Å². The van der Waals surface area contributed by atoms with Gasteiger partial charge in [0, 0.05) is 53.6 Å². The number of carbonyl (C=O) groups is 4. The second-order valence-electron chi connectivity index (χ2n) is 15.1. The maximum atomic E-state index is 14.3. The largest absolute Gasteiger partial charge is 0.497 e. The van der Waals surface area contributed by atoms with Crippen LogP contribution in [0.1, 0.15) is 43.6 Å². The van der Waals surface area contributed by atoms with Gasteiger partial charge in [-0.25, -0.2) is 19.6 Å². The first-order valence-corrected chi connectivity index (χ1v) is 19.2. The van der Waals surface area contributed by atoms with Gasteiger partial charge in [0.05, 0.1) is 24.9 Å². The zero-order valence-electron chi connectivity index (χ0n) is 32.5. The number of aromatic nitrogens is 2. The highest BCUT2D eigenvalue weighted by Crippen LogP contribution is 2.45. The Bertz CT molecular complexity index is 2320. The number of amides is 4. The minimum Gasteiger partial charge on any atom is -0.497 e. The molecule has 3 aromatic carbocycles. The summed E-state index contributed by atoms with van der Waals surface area (Å²) in [5.41, 5.74) is 1.45. The Morgan fingerprint density at radius 2 is 1.76 bits per heavy atom. The summed E-state index contributed by atoms with van der Waals surface area (Å²) >= 11 is 0. The minimum absolute atomic E-state index is 0.00958. The number of methoxy groups -OCH3 is 1. The Kier molecular flexibility index (Phi) is 11.5. The van der Waals surface area contributed by atoms with E-state index in [4.69, 9.17) is 18.9 Å². The molecule has 14 nitrogen and oxygen atoms in total. The molecular formula is C44H46N6O8. The number of nitrogens with one attached hydrogen (secondary N) is 3. The Morgan fingerprint density at radius 3 is 2.41 bits per heavy atom. The Morgan fingerprint density at radius 1 is 1.03 bits per heavy atom. The number of hydrogen-bond donors (Lipinski definition) is 4.